The molecule has 0 aliphatic heterocycles. The maximum absolute atomic E-state index is 11.9. The van der Waals surface area contributed by atoms with Crippen molar-refractivity contribution in [2.24, 2.45) is 0 Å². The molecule has 22 heavy (non-hydrogen) atoms. The van der Waals surface area contributed by atoms with Gasteiger partial charge in [0.1, 0.15) is 4.88 Å². The van der Waals surface area contributed by atoms with Crippen molar-refractivity contribution >= 4 is 34.4 Å². The zero-order chi connectivity index (χ0) is 16.1. The average molecular weight is 316 g/mol. The Labute approximate surface area is 132 Å². The number of nitrogens with zero attached hydrogens (tertiary/aromatic N) is 1. The van der Waals surface area contributed by atoms with E-state index in [9.17, 15) is 9.59 Å². The van der Waals surface area contributed by atoms with Crippen LogP contribution in [0.1, 0.15) is 26.5 Å². The van der Waals surface area contributed by atoms with E-state index in [0.29, 0.717) is 15.7 Å². The Morgan fingerprint density at radius 1 is 1.32 bits per heavy atom. The van der Waals surface area contributed by atoms with Crippen LogP contribution in [-0.4, -0.2) is 24.0 Å². The lowest BCUT2D eigenvalue weighted by Crippen LogP contribution is -2.07. The Bertz CT molecular complexity index is 735. The van der Waals surface area contributed by atoms with Crippen molar-refractivity contribution in [3.8, 4) is 0 Å². The summed E-state index contributed by atoms with van der Waals surface area (Å²) in [4.78, 5) is 27.9. The van der Waals surface area contributed by atoms with E-state index < -0.39 is 5.97 Å². The second kappa shape index (κ2) is 7.00. The fourth-order valence-corrected chi connectivity index (χ4v) is 2.71. The number of hydrogen-bond acceptors (Lipinski definition) is 5. The standard InChI is InChI=1S/C16H16N2O3S/c1-10-5-4-6-12(9-10)7-8-13(19)18-16-17-11(2)14(22-16)15(20)21-3/h4-9H,1-3H3,(H,17,18,19)/b8-7+. The van der Waals surface area contributed by atoms with Gasteiger partial charge in [0.2, 0.25) is 5.91 Å². The molecule has 2 rings (SSSR count). The zero-order valence-electron chi connectivity index (χ0n) is 12.5. The number of methoxy groups -OCH3 is 1. The summed E-state index contributed by atoms with van der Waals surface area (Å²) >= 11 is 1.09. The van der Waals surface area contributed by atoms with Crippen LogP contribution >= 0.6 is 11.3 Å². The predicted octanol–water partition coefficient (Wildman–Crippen LogP) is 3.20. The van der Waals surface area contributed by atoms with Crippen LogP contribution in [0.25, 0.3) is 6.08 Å². The molecule has 0 atom stereocenters. The molecule has 0 aliphatic carbocycles. The fourth-order valence-electron chi connectivity index (χ4n) is 1.82. The first kappa shape index (κ1) is 15.9. The van der Waals surface area contributed by atoms with Crippen LogP contribution in [0.15, 0.2) is 30.3 Å². The molecule has 0 bridgehead atoms. The van der Waals surface area contributed by atoms with Gasteiger partial charge >= 0.3 is 5.97 Å². The minimum atomic E-state index is -0.453. The summed E-state index contributed by atoms with van der Waals surface area (Å²) in [6.07, 6.45) is 3.16. The van der Waals surface area contributed by atoms with E-state index >= 15 is 0 Å². The molecule has 6 heteroatoms. The van der Waals surface area contributed by atoms with Gasteiger partial charge in [-0.15, -0.1) is 0 Å². The average Bonchev–Trinajstić information content (AvgIpc) is 2.85. The third-order valence-corrected chi connectivity index (χ3v) is 3.92. The van der Waals surface area contributed by atoms with Gasteiger partial charge in [-0.25, -0.2) is 9.78 Å². The zero-order valence-corrected chi connectivity index (χ0v) is 13.4. The van der Waals surface area contributed by atoms with Crippen molar-refractivity contribution in [2.45, 2.75) is 13.8 Å². The number of aromatic nitrogens is 1. The van der Waals surface area contributed by atoms with E-state index in [2.05, 4.69) is 15.0 Å². The summed E-state index contributed by atoms with van der Waals surface area (Å²) in [7, 11) is 1.31. The summed E-state index contributed by atoms with van der Waals surface area (Å²) in [5.74, 6) is -0.752. The first-order valence-corrected chi connectivity index (χ1v) is 7.42. The summed E-state index contributed by atoms with van der Waals surface area (Å²) in [6, 6.07) is 7.82. The topological polar surface area (TPSA) is 68.3 Å². The van der Waals surface area contributed by atoms with Crippen LogP contribution in [-0.2, 0) is 9.53 Å². The molecule has 0 fully saturated rings. The van der Waals surface area contributed by atoms with Gasteiger partial charge in [-0.05, 0) is 25.5 Å². The smallest absolute Gasteiger partial charge is 0.350 e. The highest BCUT2D eigenvalue weighted by molar-refractivity contribution is 7.17. The molecule has 0 radical (unpaired) electrons. The number of nitrogens with one attached hydrogen (secondary N) is 1. The maximum Gasteiger partial charge on any atom is 0.350 e. The molecule has 0 unspecified atom stereocenters. The Hall–Kier alpha value is -2.47. The minimum Gasteiger partial charge on any atom is -0.465 e. The number of esters is 1. The third-order valence-electron chi connectivity index (χ3n) is 2.87. The summed E-state index contributed by atoms with van der Waals surface area (Å²) < 4.78 is 4.66. The number of carbonyl (C=O) groups is 2. The molecule has 2 aromatic rings. The normalized spacial score (nSPS) is 10.7. The van der Waals surface area contributed by atoms with Crippen molar-refractivity contribution in [1.29, 1.82) is 0 Å². The number of benzene rings is 1. The van der Waals surface area contributed by atoms with Gasteiger partial charge in [-0.2, -0.15) is 0 Å². The molecule has 1 heterocycles. The van der Waals surface area contributed by atoms with Gasteiger partial charge in [0.05, 0.1) is 12.8 Å². The van der Waals surface area contributed by atoms with Gasteiger partial charge in [0.25, 0.3) is 0 Å². The second-order valence-corrected chi connectivity index (χ2v) is 5.66. The first-order chi connectivity index (χ1) is 10.5. The highest BCUT2D eigenvalue weighted by Crippen LogP contribution is 2.23. The lowest BCUT2D eigenvalue weighted by molar-refractivity contribution is -0.111. The van der Waals surface area contributed by atoms with Crippen LogP contribution in [0, 0.1) is 13.8 Å². The number of ether oxygens (including phenoxy) is 1. The summed E-state index contributed by atoms with van der Waals surface area (Å²) in [5, 5.41) is 3.01. The van der Waals surface area contributed by atoms with Crippen molar-refractivity contribution in [3.63, 3.8) is 0 Å². The number of anilines is 1. The summed E-state index contributed by atoms with van der Waals surface area (Å²) in [6.45, 7) is 3.69. The molecule has 1 aromatic carbocycles. The molecule has 0 saturated heterocycles. The van der Waals surface area contributed by atoms with E-state index in [-0.39, 0.29) is 5.91 Å². The Morgan fingerprint density at radius 3 is 2.77 bits per heavy atom. The van der Waals surface area contributed by atoms with Crippen LogP contribution in [0.4, 0.5) is 5.13 Å². The second-order valence-electron chi connectivity index (χ2n) is 4.66. The molecular formula is C16H16N2O3S. The van der Waals surface area contributed by atoms with E-state index in [1.807, 2.05) is 31.2 Å². The number of carbonyl (C=O) groups excluding carboxylic acids is 2. The van der Waals surface area contributed by atoms with Gasteiger partial charge < -0.3 is 4.74 Å². The highest BCUT2D eigenvalue weighted by atomic mass is 32.1. The Kier molecular flexibility index (Phi) is 5.06. The van der Waals surface area contributed by atoms with E-state index in [0.717, 1.165) is 22.5 Å². The fraction of sp³-hybridized carbons (Fsp3) is 0.188. The first-order valence-electron chi connectivity index (χ1n) is 6.61. The lowest BCUT2D eigenvalue weighted by Gasteiger charge is -1.97. The molecule has 1 N–H and O–H groups in total. The summed E-state index contributed by atoms with van der Waals surface area (Å²) in [5.41, 5.74) is 2.61. The Morgan fingerprint density at radius 2 is 2.09 bits per heavy atom. The van der Waals surface area contributed by atoms with Gasteiger partial charge in [-0.1, -0.05) is 41.2 Å². The molecule has 0 aliphatic rings. The number of aryl methyl sites for hydroxylation is 2. The van der Waals surface area contributed by atoms with Crippen LogP contribution in [0.5, 0.6) is 0 Å². The predicted molar refractivity (Wildman–Crippen MR) is 87.0 cm³/mol. The lowest BCUT2D eigenvalue weighted by atomic mass is 10.1. The Balaban J connectivity index is 2.05. The van der Waals surface area contributed by atoms with E-state index in [1.54, 1.807) is 13.0 Å². The number of hydrogen-bond donors (Lipinski definition) is 1. The molecule has 1 aromatic heterocycles. The monoisotopic (exact) mass is 316 g/mol. The van der Waals surface area contributed by atoms with E-state index in [4.69, 9.17) is 0 Å². The van der Waals surface area contributed by atoms with Crippen molar-refractivity contribution in [3.05, 3.63) is 52.0 Å². The van der Waals surface area contributed by atoms with Gasteiger partial charge in [0, 0.05) is 6.08 Å². The number of thiazole rings is 1. The molecule has 0 spiro atoms. The number of amides is 1. The third kappa shape index (κ3) is 4.02. The molecular weight excluding hydrogens is 300 g/mol. The van der Waals surface area contributed by atoms with Gasteiger partial charge in [0.15, 0.2) is 5.13 Å². The molecule has 114 valence electrons. The molecule has 0 saturated carbocycles. The maximum atomic E-state index is 11.9. The highest BCUT2D eigenvalue weighted by Gasteiger charge is 2.16. The van der Waals surface area contributed by atoms with Crippen LogP contribution < -0.4 is 5.32 Å². The minimum absolute atomic E-state index is 0.299. The largest absolute Gasteiger partial charge is 0.465 e. The van der Waals surface area contributed by atoms with Crippen molar-refractivity contribution < 1.29 is 14.3 Å². The van der Waals surface area contributed by atoms with Crippen molar-refractivity contribution in [1.82, 2.24) is 4.98 Å². The SMILES string of the molecule is COC(=O)c1sc(NC(=O)/C=C/c2cccc(C)c2)nc1C. The quantitative estimate of drug-likeness (QED) is 0.695. The molecule has 1 amide bonds. The van der Waals surface area contributed by atoms with Crippen molar-refractivity contribution in [2.75, 3.05) is 12.4 Å². The van der Waals surface area contributed by atoms with Gasteiger partial charge in [-0.3, -0.25) is 10.1 Å². The number of rotatable bonds is 4. The van der Waals surface area contributed by atoms with Crippen LogP contribution in [0.3, 0.4) is 0 Å². The molecule has 5 nitrogen and oxygen atoms in total. The van der Waals surface area contributed by atoms with Crippen LogP contribution in [0.2, 0.25) is 0 Å². The van der Waals surface area contributed by atoms with E-state index in [1.165, 1.54) is 13.2 Å².